The third kappa shape index (κ3) is 3.08. The Hall–Kier alpha value is -2.28. The van der Waals surface area contributed by atoms with E-state index in [1.165, 1.54) is 19.3 Å². The Morgan fingerprint density at radius 1 is 1.29 bits per heavy atom. The molecule has 3 rings (SSSR count). The summed E-state index contributed by atoms with van der Waals surface area (Å²) in [6.07, 6.45) is 7.83. The Kier molecular flexibility index (Phi) is 3.92. The molecule has 1 heterocycles. The van der Waals surface area contributed by atoms with Crippen LogP contribution in [0.4, 0.5) is 0 Å². The minimum atomic E-state index is 0.0729. The third-order valence-corrected chi connectivity index (χ3v) is 4.18. The number of nitrogens with zero attached hydrogens (tertiary/aromatic N) is 2. The molecule has 1 N–H and O–H groups in total. The number of amides is 1. The minimum absolute atomic E-state index is 0.0729. The van der Waals surface area contributed by atoms with E-state index in [0.717, 1.165) is 23.7 Å². The number of nitriles is 1. The van der Waals surface area contributed by atoms with Gasteiger partial charge in [0.15, 0.2) is 0 Å². The van der Waals surface area contributed by atoms with Gasteiger partial charge in [0, 0.05) is 23.1 Å². The van der Waals surface area contributed by atoms with Crippen LogP contribution in [-0.2, 0) is 11.3 Å². The molecule has 0 saturated heterocycles. The summed E-state index contributed by atoms with van der Waals surface area (Å²) in [4.78, 5) is 12.2. The van der Waals surface area contributed by atoms with Crippen LogP contribution in [0.2, 0.25) is 0 Å². The Labute approximate surface area is 124 Å². The molecule has 0 unspecified atom stereocenters. The van der Waals surface area contributed by atoms with Crippen molar-refractivity contribution in [3.8, 4) is 6.07 Å². The van der Waals surface area contributed by atoms with Crippen LogP contribution in [0.1, 0.15) is 37.7 Å². The molecule has 0 bridgehead atoms. The van der Waals surface area contributed by atoms with E-state index in [1.54, 1.807) is 6.07 Å². The topological polar surface area (TPSA) is 57.8 Å². The first-order valence-electron chi connectivity index (χ1n) is 7.54. The van der Waals surface area contributed by atoms with Crippen LogP contribution in [0, 0.1) is 11.3 Å². The highest BCUT2D eigenvalue weighted by atomic mass is 16.2. The van der Waals surface area contributed by atoms with Crippen LogP contribution in [-0.4, -0.2) is 16.5 Å². The van der Waals surface area contributed by atoms with Gasteiger partial charge in [0.05, 0.1) is 11.6 Å². The SMILES string of the molecule is N#Cc1ccc2c(ccn2CC(=O)NC2CCCCC2)c1. The quantitative estimate of drug-likeness (QED) is 0.940. The Morgan fingerprint density at radius 3 is 2.86 bits per heavy atom. The number of benzene rings is 1. The van der Waals surface area contributed by atoms with Gasteiger partial charge in [0.1, 0.15) is 6.54 Å². The van der Waals surface area contributed by atoms with Crippen LogP contribution >= 0.6 is 0 Å². The second-order valence-corrected chi connectivity index (χ2v) is 5.73. The second kappa shape index (κ2) is 6.01. The average molecular weight is 281 g/mol. The fourth-order valence-electron chi connectivity index (χ4n) is 3.08. The highest BCUT2D eigenvalue weighted by Crippen LogP contribution is 2.19. The standard InChI is InChI=1S/C17H19N3O/c18-11-13-6-7-16-14(10-13)8-9-20(16)12-17(21)19-15-4-2-1-3-5-15/h6-10,15H,1-5,12H2,(H,19,21). The first kappa shape index (κ1) is 13.7. The van der Waals surface area contributed by atoms with Gasteiger partial charge in [0.25, 0.3) is 0 Å². The predicted octanol–water partition coefficient (Wildman–Crippen LogP) is 2.96. The molecule has 0 radical (unpaired) electrons. The zero-order valence-corrected chi connectivity index (χ0v) is 12.0. The highest BCUT2D eigenvalue weighted by molar-refractivity contribution is 5.84. The number of rotatable bonds is 3. The van der Waals surface area contributed by atoms with Crippen LogP contribution in [0.5, 0.6) is 0 Å². The summed E-state index contributed by atoms with van der Waals surface area (Å²) >= 11 is 0. The van der Waals surface area contributed by atoms with Crippen LogP contribution in [0.15, 0.2) is 30.5 Å². The van der Waals surface area contributed by atoms with E-state index in [4.69, 9.17) is 5.26 Å². The van der Waals surface area contributed by atoms with E-state index in [-0.39, 0.29) is 5.91 Å². The van der Waals surface area contributed by atoms with Gasteiger partial charge < -0.3 is 9.88 Å². The summed E-state index contributed by atoms with van der Waals surface area (Å²) in [5, 5.41) is 13.0. The molecule has 1 aromatic heterocycles. The molecule has 21 heavy (non-hydrogen) atoms. The maximum absolute atomic E-state index is 12.2. The highest BCUT2D eigenvalue weighted by Gasteiger charge is 2.16. The maximum Gasteiger partial charge on any atom is 0.240 e. The number of hydrogen-bond donors (Lipinski definition) is 1. The second-order valence-electron chi connectivity index (χ2n) is 5.73. The maximum atomic E-state index is 12.2. The molecule has 1 fully saturated rings. The zero-order chi connectivity index (χ0) is 14.7. The lowest BCUT2D eigenvalue weighted by Gasteiger charge is -2.22. The van der Waals surface area contributed by atoms with E-state index < -0.39 is 0 Å². The zero-order valence-electron chi connectivity index (χ0n) is 12.0. The molecular formula is C17H19N3O. The molecule has 108 valence electrons. The number of nitrogens with one attached hydrogen (secondary N) is 1. The average Bonchev–Trinajstić information content (AvgIpc) is 2.90. The summed E-state index contributed by atoms with van der Waals surface area (Å²) in [6, 6.07) is 9.98. The monoisotopic (exact) mass is 281 g/mol. The molecule has 4 heteroatoms. The van der Waals surface area contributed by atoms with Crippen molar-refractivity contribution in [1.29, 1.82) is 5.26 Å². The van der Waals surface area contributed by atoms with Gasteiger partial charge >= 0.3 is 0 Å². The van der Waals surface area contributed by atoms with Crippen molar-refractivity contribution in [3.63, 3.8) is 0 Å². The van der Waals surface area contributed by atoms with E-state index >= 15 is 0 Å². The molecule has 0 aliphatic heterocycles. The molecule has 1 aromatic carbocycles. The molecule has 0 spiro atoms. The molecule has 1 amide bonds. The fourth-order valence-corrected chi connectivity index (χ4v) is 3.08. The van der Waals surface area contributed by atoms with Crippen LogP contribution in [0.25, 0.3) is 10.9 Å². The molecule has 1 aliphatic rings. The Balaban J connectivity index is 1.69. The number of carbonyl (C=O) groups is 1. The van der Waals surface area contributed by atoms with E-state index in [2.05, 4.69) is 11.4 Å². The molecule has 1 aliphatic carbocycles. The minimum Gasteiger partial charge on any atom is -0.352 e. The van der Waals surface area contributed by atoms with Gasteiger partial charge in [0.2, 0.25) is 5.91 Å². The van der Waals surface area contributed by atoms with Crippen molar-refractivity contribution in [2.45, 2.75) is 44.7 Å². The number of aromatic nitrogens is 1. The van der Waals surface area contributed by atoms with Crippen molar-refractivity contribution in [2.24, 2.45) is 0 Å². The lowest BCUT2D eigenvalue weighted by Crippen LogP contribution is -2.38. The predicted molar refractivity (Wildman–Crippen MR) is 81.7 cm³/mol. The van der Waals surface area contributed by atoms with Gasteiger partial charge in [-0.2, -0.15) is 5.26 Å². The molecule has 4 nitrogen and oxygen atoms in total. The molecule has 0 atom stereocenters. The lowest BCUT2D eigenvalue weighted by atomic mass is 9.95. The summed E-state index contributed by atoms with van der Waals surface area (Å²) in [7, 11) is 0. The van der Waals surface area contributed by atoms with Gasteiger partial charge in [-0.3, -0.25) is 4.79 Å². The van der Waals surface area contributed by atoms with Gasteiger partial charge in [-0.05, 0) is 37.1 Å². The van der Waals surface area contributed by atoms with E-state index in [1.807, 2.05) is 29.0 Å². The Morgan fingerprint density at radius 2 is 2.10 bits per heavy atom. The summed E-state index contributed by atoms with van der Waals surface area (Å²) in [6.45, 7) is 0.339. The largest absolute Gasteiger partial charge is 0.352 e. The van der Waals surface area contributed by atoms with Crippen molar-refractivity contribution in [3.05, 3.63) is 36.0 Å². The van der Waals surface area contributed by atoms with E-state index in [0.29, 0.717) is 18.2 Å². The summed E-state index contributed by atoms with van der Waals surface area (Å²) < 4.78 is 1.94. The van der Waals surface area contributed by atoms with Crippen molar-refractivity contribution in [1.82, 2.24) is 9.88 Å². The Bertz CT molecular complexity index is 690. The fraction of sp³-hybridized carbons (Fsp3) is 0.412. The third-order valence-electron chi connectivity index (χ3n) is 4.18. The van der Waals surface area contributed by atoms with Crippen LogP contribution in [0.3, 0.4) is 0 Å². The van der Waals surface area contributed by atoms with Gasteiger partial charge in [-0.15, -0.1) is 0 Å². The van der Waals surface area contributed by atoms with Crippen molar-refractivity contribution < 1.29 is 4.79 Å². The van der Waals surface area contributed by atoms with Crippen molar-refractivity contribution in [2.75, 3.05) is 0 Å². The molecular weight excluding hydrogens is 262 g/mol. The number of hydrogen-bond acceptors (Lipinski definition) is 2. The number of fused-ring (bicyclic) bond motifs is 1. The van der Waals surface area contributed by atoms with Crippen LogP contribution < -0.4 is 5.32 Å². The first-order chi connectivity index (χ1) is 10.3. The molecule has 1 saturated carbocycles. The lowest BCUT2D eigenvalue weighted by molar-refractivity contribution is -0.122. The van der Waals surface area contributed by atoms with E-state index in [9.17, 15) is 4.79 Å². The number of carbonyl (C=O) groups excluding carboxylic acids is 1. The first-order valence-corrected chi connectivity index (χ1v) is 7.54. The normalized spacial score (nSPS) is 15.8. The van der Waals surface area contributed by atoms with Gasteiger partial charge in [-0.1, -0.05) is 19.3 Å². The van der Waals surface area contributed by atoms with Gasteiger partial charge in [-0.25, -0.2) is 0 Å². The summed E-state index contributed by atoms with van der Waals surface area (Å²) in [5.74, 6) is 0.0729. The molecule has 2 aromatic rings. The smallest absolute Gasteiger partial charge is 0.240 e. The van der Waals surface area contributed by atoms with Crippen molar-refractivity contribution >= 4 is 16.8 Å². The summed E-state index contributed by atoms with van der Waals surface area (Å²) in [5.41, 5.74) is 1.64.